The molecule has 158 valence electrons. The first-order valence-electron chi connectivity index (χ1n) is 10.1. The number of hydrogen-bond donors (Lipinski definition) is 1. The van der Waals surface area contributed by atoms with Crippen LogP contribution in [0.5, 0.6) is 0 Å². The van der Waals surface area contributed by atoms with Crippen LogP contribution >= 0.6 is 34.7 Å². The zero-order valence-electron chi connectivity index (χ0n) is 16.9. The van der Waals surface area contributed by atoms with E-state index in [1.807, 2.05) is 42.5 Å². The number of amides is 1. The van der Waals surface area contributed by atoms with Gasteiger partial charge in [-0.05, 0) is 61.7 Å². The zero-order valence-corrected chi connectivity index (χ0v) is 19.3. The Hall–Kier alpha value is -1.80. The highest BCUT2D eigenvalue weighted by Gasteiger charge is 2.17. The van der Waals surface area contributed by atoms with Crippen molar-refractivity contribution >= 4 is 61.6 Å². The zero-order chi connectivity index (χ0) is 20.9. The molecule has 0 spiro atoms. The average molecular weight is 461 g/mol. The number of thiazole rings is 1. The predicted molar refractivity (Wildman–Crippen MR) is 129 cm³/mol. The largest absolute Gasteiger partial charge is 0.345 e. The summed E-state index contributed by atoms with van der Waals surface area (Å²) in [6, 6.07) is 13.8. The first kappa shape index (κ1) is 21.4. The fourth-order valence-electron chi connectivity index (χ4n) is 3.30. The van der Waals surface area contributed by atoms with Gasteiger partial charge in [-0.1, -0.05) is 22.9 Å². The van der Waals surface area contributed by atoms with Crippen molar-refractivity contribution in [2.75, 3.05) is 49.2 Å². The van der Waals surface area contributed by atoms with Gasteiger partial charge in [-0.2, -0.15) is 0 Å². The minimum absolute atomic E-state index is 0.0508. The maximum Gasteiger partial charge on any atom is 0.224 e. The van der Waals surface area contributed by atoms with Gasteiger partial charge in [0.1, 0.15) is 0 Å². The van der Waals surface area contributed by atoms with Crippen molar-refractivity contribution in [3.8, 4) is 0 Å². The third-order valence-electron chi connectivity index (χ3n) is 5.07. The van der Waals surface area contributed by atoms with Crippen molar-refractivity contribution in [1.82, 2.24) is 9.88 Å². The molecule has 1 fully saturated rings. The van der Waals surface area contributed by atoms with E-state index < -0.39 is 0 Å². The summed E-state index contributed by atoms with van der Waals surface area (Å²) in [7, 11) is 2.15. The lowest BCUT2D eigenvalue weighted by molar-refractivity contribution is -0.116. The fraction of sp³-hybridized carbons (Fsp3) is 0.364. The number of nitrogens with one attached hydrogen (secondary N) is 1. The molecule has 5 nitrogen and oxygen atoms in total. The van der Waals surface area contributed by atoms with E-state index in [0.29, 0.717) is 6.42 Å². The van der Waals surface area contributed by atoms with Gasteiger partial charge in [-0.3, -0.25) is 4.79 Å². The third-order valence-corrected chi connectivity index (χ3v) is 7.49. The van der Waals surface area contributed by atoms with E-state index in [0.717, 1.165) is 64.4 Å². The van der Waals surface area contributed by atoms with Crippen LogP contribution in [0.2, 0.25) is 5.02 Å². The van der Waals surface area contributed by atoms with Crippen molar-refractivity contribution in [3.05, 3.63) is 47.5 Å². The van der Waals surface area contributed by atoms with Crippen molar-refractivity contribution in [3.63, 3.8) is 0 Å². The van der Waals surface area contributed by atoms with Gasteiger partial charge < -0.3 is 15.1 Å². The topological polar surface area (TPSA) is 48.5 Å². The van der Waals surface area contributed by atoms with Crippen LogP contribution in [-0.4, -0.2) is 54.8 Å². The number of hydrogen-bond acceptors (Lipinski definition) is 6. The number of rotatable bonds is 7. The normalized spacial score (nSPS) is 14.9. The number of thioether (sulfide) groups is 1. The van der Waals surface area contributed by atoms with Crippen molar-refractivity contribution in [1.29, 1.82) is 0 Å². The number of likely N-dealkylation sites (N-methyl/N-ethyl adjacent to an activating group) is 1. The quantitative estimate of drug-likeness (QED) is 0.387. The van der Waals surface area contributed by atoms with E-state index in [-0.39, 0.29) is 5.91 Å². The van der Waals surface area contributed by atoms with E-state index in [4.69, 9.17) is 16.6 Å². The summed E-state index contributed by atoms with van der Waals surface area (Å²) in [5, 5.41) is 4.84. The number of fused-ring (bicyclic) bond motifs is 1. The summed E-state index contributed by atoms with van der Waals surface area (Å²) in [4.78, 5) is 23.0. The lowest BCUT2D eigenvalue weighted by Crippen LogP contribution is -2.44. The Labute approximate surface area is 190 Å². The monoisotopic (exact) mass is 460 g/mol. The molecule has 0 atom stereocenters. The molecule has 1 aliphatic heterocycles. The summed E-state index contributed by atoms with van der Waals surface area (Å²) < 4.78 is 1.11. The molecule has 0 radical (unpaired) electrons. The highest BCUT2D eigenvalue weighted by molar-refractivity contribution is 7.99. The van der Waals surface area contributed by atoms with Crippen LogP contribution in [0.15, 0.2) is 47.4 Å². The molecule has 0 saturated carbocycles. The SMILES string of the molecule is CN1CCN(c2nc3ccc(NC(=O)CCCSc4ccc(Cl)cc4)cc3s2)CC1. The Balaban J connectivity index is 1.27. The van der Waals surface area contributed by atoms with Gasteiger partial charge in [-0.25, -0.2) is 4.98 Å². The third kappa shape index (κ3) is 5.66. The molecule has 1 aliphatic rings. The van der Waals surface area contributed by atoms with Crippen LogP contribution < -0.4 is 10.2 Å². The average Bonchev–Trinajstić information content (AvgIpc) is 3.16. The van der Waals surface area contributed by atoms with Gasteiger partial charge in [0, 0.05) is 48.2 Å². The summed E-state index contributed by atoms with van der Waals surface area (Å²) in [5.41, 5.74) is 1.83. The summed E-state index contributed by atoms with van der Waals surface area (Å²) in [5.74, 6) is 0.951. The van der Waals surface area contributed by atoms with Crippen LogP contribution in [-0.2, 0) is 4.79 Å². The molecular weight excluding hydrogens is 436 g/mol. The van der Waals surface area contributed by atoms with Gasteiger partial charge in [0.15, 0.2) is 5.13 Å². The minimum Gasteiger partial charge on any atom is -0.345 e. The molecule has 30 heavy (non-hydrogen) atoms. The second-order valence-corrected chi connectivity index (χ2v) is 10.0. The maximum absolute atomic E-state index is 12.3. The van der Waals surface area contributed by atoms with Crippen molar-refractivity contribution in [2.24, 2.45) is 0 Å². The van der Waals surface area contributed by atoms with Gasteiger partial charge in [-0.15, -0.1) is 11.8 Å². The van der Waals surface area contributed by atoms with Gasteiger partial charge >= 0.3 is 0 Å². The van der Waals surface area contributed by atoms with Crippen LogP contribution in [0.3, 0.4) is 0 Å². The van der Waals surface area contributed by atoms with E-state index >= 15 is 0 Å². The summed E-state index contributed by atoms with van der Waals surface area (Å²) in [6.07, 6.45) is 1.34. The van der Waals surface area contributed by atoms with Gasteiger partial charge in [0.2, 0.25) is 5.91 Å². The number of piperazine rings is 1. The molecule has 3 aromatic rings. The molecule has 1 amide bonds. The molecule has 0 aliphatic carbocycles. The lowest BCUT2D eigenvalue weighted by Gasteiger charge is -2.31. The number of nitrogens with zero attached hydrogens (tertiary/aromatic N) is 3. The van der Waals surface area contributed by atoms with E-state index in [1.54, 1.807) is 23.1 Å². The van der Waals surface area contributed by atoms with Crippen LogP contribution in [0.4, 0.5) is 10.8 Å². The Morgan fingerprint density at radius 3 is 2.70 bits per heavy atom. The number of carbonyl (C=O) groups is 1. The Bertz CT molecular complexity index is 1000. The minimum atomic E-state index is 0.0508. The molecule has 1 saturated heterocycles. The Morgan fingerprint density at radius 2 is 1.93 bits per heavy atom. The van der Waals surface area contributed by atoms with E-state index in [2.05, 4.69) is 22.2 Å². The highest BCUT2D eigenvalue weighted by Crippen LogP contribution is 2.31. The van der Waals surface area contributed by atoms with Crippen molar-refractivity contribution in [2.45, 2.75) is 17.7 Å². The van der Waals surface area contributed by atoms with E-state index in [1.165, 1.54) is 4.90 Å². The second-order valence-electron chi connectivity index (χ2n) is 7.42. The number of aromatic nitrogens is 1. The highest BCUT2D eigenvalue weighted by atomic mass is 35.5. The lowest BCUT2D eigenvalue weighted by atomic mass is 10.2. The number of anilines is 2. The number of benzene rings is 2. The molecule has 2 aromatic carbocycles. The Kier molecular flexibility index (Phi) is 7.15. The van der Waals surface area contributed by atoms with Gasteiger partial charge in [0.25, 0.3) is 0 Å². The molecule has 0 bridgehead atoms. The van der Waals surface area contributed by atoms with E-state index in [9.17, 15) is 4.79 Å². The van der Waals surface area contributed by atoms with Crippen LogP contribution in [0.25, 0.3) is 10.2 Å². The standard InChI is InChI=1S/C22H25ClN4OS2/c1-26-10-12-27(13-11-26)22-25-19-9-6-17(15-20(19)30-22)24-21(28)3-2-14-29-18-7-4-16(23)5-8-18/h4-9,15H,2-3,10-14H2,1H3,(H,24,28). The molecular formula is C22H25ClN4OS2. The molecule has 2 heterocycles. The summed E-state index contributed by atoms with van der Waals surface area (Å²) >= 11 is 9.35. The van der Waals surface area contributed by atoms with Crippen LogP contribution in [0, 0.1) is 0 Å². The molecule has 0 unspecified atom stereocenters. The fourth-order valence-corrected chi connectivity index (χ4v) is 5.34. The number of carbonyl (C=O) groups excluding carboxylic acids is 1. The molecule has 4 rings (SSSR count). The smallest absolute Gasteiger partial charge is 0.224 e. The first-order chi connectivity index (χ1) is 14.6. The van der Waals surface area contributed by atoms with Crippen molar-refractivity contribution < 1.29 is 4.79 Å². The molecule has 8 heteroatoms. The van der Waals surface area contributed by atoms with Gasteiger partial charge in [0.05, 0.1) is 10.2 Å². The number of halogens is 1. The molecule has 1 N–H and O–H groups in total. The summed E-state index contributed by atoms with van der Waals surface area (Å²) in [6.45, 7) is 4.14. The second kappa shape index (κ2) is 10.0. The molecule has 1 aromatic heterocycles. The Morgan fingerprint density at radius 1 is 1.17 bits per heavy atom. The van der Waals surface area contributed by atoms with Crippen LogP contribution in [0.1, 0.15) is 12.8 Å². The maximum atomic E-state index is 12.3. The first-order valence-corrected chi connectivity index (χ1v) is 12.3. The predicted octanol–water partition coefficient (Wildman–Crippen LogP) is 5.21.